The van der Waals surface area contributed by atoms with Gasteiger partial charge in [-0.2, -0.15) is 4.57 Å². The highest BCUT2D eigenvalue weighted by molar-refractivity contribution is 14.1. The van der Waals surface area contributed by atoms with Gasteiger partial charge < -0.3 is 5.32 Å². The van der Waals surface area contributed by atoms with Gasteiger partial charge in [-0.05, 0) is 52.8 Å². The lowest BCUT2D eigenvalue weighted by molar-refractivity contribution is -0.684. The number of pyridine rings is 1. The molecule has 1 amide bonds. The van der Waals surface area contributed by atoms with Crippen molar-refractivity contribution < 1.29 is 9.36 Å². The quantitative estimate of drug-likeness (QED) is 0.627. The third-order valence-corrected chi connectivity index (χ3v) is 3.60. The number of anilines is 1. The molecule has 0 bridgehead atoms. The van der Waals surface area contributed by atoms with E-state index in [1.54, 1.807) is 0 Å². The lowest BCUT2D eigenvalue weighted by Gasteiger charge is -2.04. The molecule has 0 saturated heterocycles. The van der Waals surface area contributed by atoms with Crippen LogP contribution in [0.25, 0.3) is 0 Å². The number of benzene rings is 1. The van der Waals surface area contributed by atoms with E-state index in [9.17, 15) is 4.79 Å². The van der Waals surface area contributed by atoms with Crippen molar-refractivity contribution in [3.05, 3.63) is 57.9 Å². The lowest BCUT2D eigenvalue weighted by atomic mass is 10.2. The lowest BCUT2D eigenvalue weighted by Crippen LogP contribution is -2.39. The molecule has 0 radical (unpaired) electrons. The van der Waals surface area contributed by atoms with Gasteiger partial charge in [-0.15, -0.1) is 0 Å². The van der Waals surface area contributed by atoms with Crippen LogP contribution in [0.15, 0.2) is 48.8 Å². The Labute approximate surface area is 133 Å². The minimum Gasteiger partial charge on any atom is -0.321 e. The highest BCUT2D eigenvalue weighted by Gasteiger charge is 2.09. The van der Waals surface area contributed by atoms with Crippen molar-refractivity contribution in [2.75, 3.05) is 5.32 Å². The van der Waals surface area contributed by atoms with Gasteiger partial charge in [0.05, 0.1) is 0 Å². The minimum absolute atomic E-state index is 0.0137. The van der Waals surface area contributed by atoms with Crippen molar-refractivity contribution in [2.45, 2.75) is 26.3 Å². The molecule has 2 rings (SSSR count). The Morgan fingerprint density at radius 3 is 2.65 bits per heavy atom. The Balaban J connectivity index is 1.94. The van der Waals surface area contributed by atoms with Crippen molar-refractivity contribution in [2.24, 2.45) is 0 Å². The first-order valence-corrected chi connectivity index (χ1v) is 7.78. The SMILES string of the molecule is CCCc1cc[n+](CC(=O)Nc2cccc(I)c2)cc1. The summed E-state index contributed by atoms with van der Waals surface area (Å²) in [5.41, 5.74) is 2.15. The molecule has 3 nitrogen and oxygen atoms in total. The van der Waals surface area contributed by atoms with Gasteiger partial charge in [0.25, 0.3) is 5.91 Å². The fourth-order valence-corrected chi connectivity index (χ4v) is 2.52. The maximum atomic E-state index is 12.0. The van der Waals surface area contributed by atoms with Crippen molar-refractivity contribution in [1.29, 1.82) is 0 Å². The number of nitrogens with zero attached hydrogens (tertiary/aromatic N) is 1. The first-order valence-electron chi connectivity index (χ1n) is 6.71. The average molecular weight is 381 g/mol. The van der Waals surface area contributed by atoms with E-state index in [0.29, 0.717) is 6.54 Å². The van der Waals surface area contributed by atoms with Crippen LogP contribution in [0.5, 0.6) is 0 Å². The highest BCUT2D eigenvalue weighted by atomic mass is 127. The van der Waals surface area contributed by atoms with Crippen LogP contribution in [0.1, 0.15) is 18.9 Å². The highest BCUT2D eigenvalue weighted by Crippen LogP contribution is 2.12. The topological polar surface area (TPSA) is 33.0 Å². The molecular formula is C16H18IN2O+. The van der Waals surface area contributed by atoms with Gasteiger partial charge in [0.2, 0.25) is 6.54 Å². The Bertz CT molecular complexity index is 581. The van der Waals surface area contributed by atoms with Crippen LogP contribution >= 0.6 is 22.6 Å². The summed E-state index contributed by atoms with van der Waals surface area (Å²) in [6.45, 7) is 2.49. The Morgan fingerprint density at radius 1 is 1.25 bits per heavy atom. The van der Waals surface area contributed by atoms with Crippen molar-refractivity contribution >= 4 is 34.2 Å². The van der Waals surface area contributed by atoms with Crippen molar-refractivity contribution in [3.8, 4) is 0 Å². The largest absolute Gasteiger partial charge is 0.321 e. The maximum Gasteiger partial charge on any atom is 0.290 e. The number of carbonyl (C=O) groups is 1. The van der Waals surface area contributed by atoms with Gasteiger partial charge in [-0.25, -0.2) is 0 Å². The predicted octanol–water partition coefficient (Wildman–Crippen LogP) is 3.17. The zero-order valence-corrected chi connectivity index (χ0v) is 13.6. The molecule has 0 spiro atoms. The molecule has 104 valence electrons. The molecule has 0 fully saturated rings. The summed E-state index contributed by atoms with van der Waals surface area (Å²) in [5, 5.41) is 2.91. The van der Waals surface area contributed by atoms with E-state index < -0.39 is 0 Å². The van der Waals surface area contributed by atoms with Gasteiger partial charge in [0.1, 0.15) is 0 Å². The summed E-state index contributed by atoms with van der Waals surface area (Å²) in [6.07, 6.45) is 6.13. The van der Waals surface area contributed by atoms with Gasteiger partial charge >= 0.3 is 0 Å². The summed E-state index contributed by atoms with van der Waals surface area (Å²) in [6, 6.07) is 11.9. The van der Waals surface area contributed by atoms with Gasteiger partial charge in [0, 0.05) is 21.4 Å². The molecule has 2 aromatic rings. The molecule has 1 heterocycles. The molecule has 0 aliphatic heterocycles. The molecule has 0 aliphatic rings. The van der Waals surface area contributed by atoms with E-state index in [1.807, 2.05) is 41.2 Å². The summed E-state index contributed by atoms with van der Waals surface area (Å²) < 4.78 is 3.00. The zero-order valence-electron chi connectivity index (χ0n) is 11.5. The smallest absolute Gasteiger partial charge is 0.290 e. The predicted molar refractivity (Wildman–Crippen MR) is 88.4 cm³/mol. The molecule has 1 N–H and O–H groups in total. The number of rotatable bonds is 5. The first kappa shape index (κ1) is 15.0. The number of halogens is 1. The molecule has 0 atom stereocenters. The van der Waals surface area contributed by atoms with Crippen molar-refractivity contribution in [3.63, 3.8) is 0 Å². The zero-order chi connectivity index (χ0) is 14.4. The summed E-state index contributed by atoms with van der Waals surface area (Å²) in [4.78, 5) is 12.0. The molecule has 1 aromatic heterocycles. The maximum absolute atomic E-state index is 12.0. The monoisotopic (exact) mass is 381 g/mol. The van der Waals surface area contributed by atoms with Crippen LogP contribution in [0.4, 0.5) is 5.69 Å². The third-order valence-electron chi connectivity index (χ3n) is 2.93. The molecule has 0 aliphatic carbocycles. The van der Waals surface area contributed by atoms with Crippen LogP contribution in [-0.2, 0) is 17.8 Å². The summed E-state index contributed by atoms with van der Waals surface area (Å²) in [7, 11) is 0. The van der Waals surface area contributed by atoms with Crippen LogP contribution < -0.4 is 9.88 Å². The third kappa shape index (κ3) is 4.59. The Hall–Kier alpha value is -1.43. The van der Waals surface area contributed by atoms with Crippen LogP contribution in [0.2, 0.25) is 0 Å². The first-order chi connectivity index (χ1) is 9.67. The van der Waals surface area contributed by atoms with E-state index >= 15 is 0 Å². The van der Waals surface area contributed by atoms with Gasteiger partial charge in [-0.1, -0.05) is 19.4 Å². The Morgan fingerprint density at radius 2 is 2.00 bits per heavy atom. The van der Waals surface area contributed by atoms with E-state index in [0.717, 1.165) is 22.1 Å². The second kappa shape index (κ2) is 7.38. The van der Waals surface area contributed by atoms with E-state index in [4.69, 9.17) is 0 Å². The standard InChI is InChI=1S/C16H17IN2O/c1-2-4-13-7-9-19(10-8-13)12-16(20)18-15-6-3-5-14(17)11-15/h3,5-11H,2,4,12H2,1H3/p+1. The second-order valence-electron chi connectivity index (χ2n) is 4.69. The van der Waals surface area contributed by atoms with E-state index in [1.165, 1.54) is 5.56 Å². The normalized spacial score (nSPS) is 10.3. The molecule has 0 unspecified atom stereocenters. The van der Waals surface area contributed by atoms with E-state index in [2.05, 4.69) is 47.0 Å². The molecule has 20 heavy (non-hydrogen) atoms. The van der Waals surface area contributed by atoms with Crippen LogP contribution in [-0.4, -0.2) is 5.91 Å². The van der Waals surface area contributed by atoms with Crippen LogP contribution in [0.3, 0.4) is 0 Å². The Kier molecular flexibility index (Phi) is 5.52. The number of aryl methyl sites for hydroxylation is 1. The number of aromatic nitrogens is 1. The number of hydrogen-bond donors (Lipinski definition) is 1. The fourth-order valence-electron chi connectivity index (χ4n) is 1.98. The number of hydrogen-bond acceptors (Lipinski definition) is 1. The van der Waals surface area contributed by atoms with Crippen LogP contribution in [0, 0.1) is 3.57 Å². The van der Waals surface area contributed by atoms with Crippen molar-refractivity contribution in [1.82, 2.24) is 0 Å². The minimum atomic E-state index is -0.0137. The van der Waals surface area contributed by atoms with E-state index in [-0.39, 0.29) is 5.91 Å². The molecule has 1 aromatic carbocycles. The summed E-state index contributed by atoms with van der Waals surface area (Å²) >= 11 is 2.23. The summed E-state index contributed by atoms with van der Waals surface area (Å²) in [5.74, 6) is -0.0137. The molecule has 0 saturated carbocycles. The molecular weight excluding hydrogens is 363 g/mol. The molecule has 4 heteroatoms. The fraction of sp³-hybridized carbons (Fsp3) is 0.250. The number of nitrogens with one attached hydrogen (secondary N) is 1. The van der Waals surface area contributed by atoms with Gasteiger partial charge in [-0.3, -0.25) is 4.79 Å². The average Bonchev–Trinajstić information content (AvgIpc) is 2.41. The second-order valence-corrected chi connectivity index (χ2v) is 5.93. The van der Waals surface area contributed by atoms with Gasteiger partial charge in [0.15, 0.2) is 12.4 Å². The number of carbonyl (C=O) groups excluding carboxylic acids is 1. The number of amides is 1.